The van der Waals surface area contributed by atoms with E-state index in [9.17, 15) is 18.8 Å². The van der Waals surface area contributed by atoms with E-state index in [1.807, 2.05) is 0 Å². The van der Waals surface area contributed by atoms with Crippen LogP contribution in [0.15, 0.2) is 57.7 Å². The Hall–Kier alpha value is -3.75. The predicted octanol–water partition coefficient (Wildman–Crippen LogP) is 1.98. The first-order valence-corrected chi connectivity index (χ1v) is 8.29. The molecule has 3 aromatic rings. The van der Waals surface area contributed by atoms with Crippen LogP contribution in [0.25, 0.3) is 11.5 Å². The maximum absolute atomic E-state index is 13.0. The van der Waals surface area contributed by atoms with Gasteiger partial charge in [0.2, 0.25) is 11.8 Å². The number of carbonyl (C=O) groups is 2. The van der Waals surface area contributed by atoms with E-state index in [0.29, 0.717) is 16.8 Å². The highest BCUT2D eigenvalue weighted by atomic mass is 19.1. The van der Waals surface area contributed by atoms with E-state index in [0.717, 1.165) is 4.68 Å². The van der Waals surface area contributed by atoms with Crippen LogP contribution in [0, 0.1) is 5.82 Å². The van der Waals surface area contributed by atoms with Crippen LogP contribution in [0.4, 0.5) is 10.1 Å². The van der Waals surface area contributed by atoms with Crippen LogP contribution in [0.3, 0.4) is 0 Å². The molecule has 1 aromatic heterocycles. The Kier molecular flexibility index (Phi) is 5.35. The molecule has 3 rings (SSSR count). The summed E-state index contributed by atoms with van der Waals surface area (Å²) in [6.45, 7) is -0.380. The largest absolute Gasteiger partial charge is 0.437 e. The number of hydrogen-bond acceptors (Lipinski definition) is 5. The molecular formula is C19H17FN4O4. The molecule has 2 aromatic carbocycles. The zero-order chi connectivity index (χ0) is 20.3. The van der Waals surface area contributed by atoms with Crippen LogP contribution in [-0.4, -0.2) is 40.6 Å². The molecule has 0 aliphatic rings. The number of amides is 2. The Morgan fingerprint density at radius 2 is 1.89 bits per heavy atom. The quantitative estimate of drug-likeness (QED) is 0.726. The molecule has 144 valence electrons. The molecule has 0 unspecified atom stereocenters. The Morgan fingerprint density at radius 3 is 2.57 bits per heavy atom. The first-order chi connectivity index (χ1) is 13.3. The van der Waals surface area contributed by atoms with Gasteiger partial charge in [0, 0.05) is 30.9 Å². The summed E-state index contributed by atoms with van der Waals surface area (Å²) in [6, 6.07) is 11.7. The van der Waals surface area contributed by atoms with Gasteiger partial charge in [-0.25, -0.2) is 9.18 Å². The van der Waals surface area contributed by atoms with E-state index in [2.05, 4.69) is 10.4 Å². The lowest BCUT2D eigenvalue weighted by Crippen LogP contribution is -2.26. The van der Waals surface area contributed by atoms with Crippen molar-refractivity contribution in [2.45, 2.75) is 6.54 Å². The number of nitrogens with zero attached hydrogens (tertiary/aromatic N) is 3. The van der Waals surface area contributed by atoms with Crippen molar-refractivity contribution < 1.29 is 18.4 Å². The van der Waals surface area contributed by atoms with Crippen LogP contribution in [-0.2, 0) is 11.3 Å². The summed E-state index contributed by atoms with van der Waals surface area (Å²) in [5, 5.41) is 6.56. The van der Waals surface area contributed by atoms with Crippen LogP contribution in [0.5, 0.6) is 0 Å². The maximum atomic E-state index is 13.0. The van der Waals surface area contributed by atoms with Crippen molar-refractivity contribution in [3.05, 3.63) is 70.5 Å². The van der Waals surface area contributed by atoms with Crippen molar-refractivity contribution in [3.63, 3.8) is 0 Å². The standard InChI is InChI=1S/C19H17FN4O4/c1-23(2)18(26)13-4-3-5-15(10-13)21-16(25)11-24-19(27)28-17(22-24)12-6-8-14(20)9-7-12/h3-10H,11H2,1-2H3,(H,21,25). The van der Waals surface area contributed by atoms with Gasteiger partial charge in [-0.05, 0) is 42.5 Å². The molecule has 0 bridgehead atoms. The third-order valence-electron chi connectivity index (χ3n) is 3.79. The molecule has 2 amide bonds. The minimum absolute atomic E-state index is 0.0172. The number of anilines is 1. The van der Waals surface area contributed by atoms with Gasteiger partial charge in [-0.2, -0.15) is 4.68 Å². The van der Waals surface area contributed by atoms with E-state index in [4.69, 9.17) is 4.42 Å². The van der Waals surface area contributed by atoms with Gasteiger partial charge in [0.05, 0.1) is 0 Å². The highest BCUT2D eigenvalue weighted by Gasteiger charge is 2.14. The van der Waals surface area contributed by atoms with E-state index < -0.39 is 17.5 Å². The summed E-state index contributed by atoms with van der Waals surface area (Å²) in [6.07, 6.45) is 0. The van der Waals surface area contributed by atoms with E-state index in [1.165, 1.54) is 35.2 Å². The number of halogens is 1. The number of carbonyl (C=O) groups excluding carboxylic acids is 2. The second kappa shape index (κ2) is 7.87. The fourth-order valence-electron chi connectivity index (χ4n) is 2.44. The lowest BCUT2D eigenvalue weighted by Gasteiger charge is -2.11. The van der Waals surface area contributed by atoms with Crippen molar-refractivity contribution in [3.8, 4) is 11.5 Å². The lowest BCUT2D eigenvalue weighted by atomic mass is 10.2. The summed E-state index contributed by atoms with van der Waals surface area (Å²) < 4.78 is 18.9. The van der Waals surface area contributed by atoms with Gasteiger partial charge in [0.25, 0.3) is 5.91 Å². The average Bonchev–Trinajstić information content (AvgIpc) is 3.02. The van der Waals surface area contributed by atoms with Gasteiger partial charge in [-0.15, -0.1) is 5.10 Å². The molecule has 9 heteroatoms. The Labute approximate surface area is 159 Å². The third kappa shape index (κ3) is 4.32. The minimum Gasteiger partial charge on any atom is -0.388 e. The van der Waals surface area contributed by atoms with E-state index in [1.54, 1.807) is 32.3 Å². The average molecular weight is 384 g/mol. The van der Waals surface area contributed by atoms with Crippen molar-refractivity contribution in [1.82, 2.24) is 14.7 Å². The molecule has 0 saturated carbocycles. The molecular weight excluding hydrogens is 367 g/mol. The van der Waals surface area contributed by atoms with E-state index in [-0.39, 0.29) is 18.3 Å². The summed E-state index contributed by atoms with van der Waals surface area (Å²) >= 11 is 0. The molecule has 0 saturated heterocycles. The molecule has 0 spiro atoms. The number of nitrogens with one attached hydrogen (secondary N) is 1. The van der Waals surface area contributed by atoms with Crippen LogP contribution < -0.4 is 11.1 Å². The molecule has 0 fully saturated rings. The summed E-state index contributed by atoms with van der Waals surface area (Å²) in [5.74, 6) is -1.98. The van der Waals surface area contributed by atoms with Crippen LogP contribution >= 0.6 is 0 Å². The number of hydrogen-bond donors (Lipinski definition) is 1. The minimum atomic E-state index is -0.814. The van der Waals surface area contributed by atoms with Crippen molar-refractivity contribution in [2.75, 3.05) is 19.4 Å². The number of aromatic nitrogens is 2. The second-order valence-corrected chi connectivity index (χ2v) is 6.17. The Balaban J connectivity index is 1.72. The monoisotopic (exact) mass is 384 g/mol. The van der Waals surface area contributed by atoms with Gasteiger partial charge >= 0.3 is 5.76 Å². The molecule has 0 radical (unpaired) electrons. The highest BCUT2D eigenvalue weighted by molar-refractivity contribution is 5.96. The summed E-state index contributed by atoms with van der Waals surface area (Å²) in [4.78, 5) is 37.6. The topological polar surface area (TPSA) is 97.4 Å². The summed E-state index contributed by atoms with van der Waals surface area (Å²) in [7, 11) is 3.26. The first-order valence-electron chi connectivity index (χ1n) is 8.29. The van der Waals surface area contributed by atoms with E-state index >= 15 is 0 Å². The number of rotatable bonds is 5. The fourth-order valence-corrected chi connectivity index (χ4v) is 2.44. The first kappa shape index (κ1) is 19.0. The van der Waals surface area contributed by atoms with Gasteiger partial charge in [-0.1, -0.05) is 6.07 Å². The zero-order valence-corrected chi connectivity index (χ0v) is 15.2. The second-order valence-electron chi connectivity index (χ2n) is 6.17. The fraction of sp³-hybridized carbons (Fsp3) is 0.158. The van der Waals surface area contributed by atoms with Crippen LogP contribution in [0.2, 0.25) is 0 Å². The van der Waals surface area contributed by atoms with Gasteiger partial charge in [0.1, 0.15) is 12.4 Å². The lowest BCUT2D eigenvalue weighted by molar-refractivity contribution is -0.117. The number of benzene rings is 2. The highest BCUT2D eigenvalue weighted by Crippen LogP contribution is 2.16. The molecule has 1 N–H and O–H groups in total. The van der Waals surface area contributed by atoms with Gasteiger partial charge < -0.3 is 14.6 Å². The molecule has 0 aliphatic carbocycles. The van der Waals surface area contributed by atoms with Gasteiger partial charge in [0.15, 0.2) is 0 Å². The van der Waals surface area contributed by atoms with Crippen molar-refractivity contribution >= 4 is 17.5 Å². The SMILES string of the molecule is CN(C)C(=O)c1cccc(NC(=O)Cn2nc(-c3ccc(F)cc3)oc2=O)c1. The van der Waals surface area contributed by atoms with Crippen molar-refractivity contribution in [2.24, 2.45) is 0 Å². The Bertz CT molecular complexity index is 1070. The molecule has 0 aliphatic heterocycles. The maximum Gasteiger partial charge on any atom is 0.437 e. The van der Waals surface area contributed by atoms with Crippen LogP contribution in [0.1, 0.15) is 10.4 Å². The third-order valence-corrected chi connectivity index (χ3v) is 3.79. The summed E-state index contributed by atoms with van der Waals surface area (Å²) in [5.41, 5.74) is 1.24. The Morgan fingerprint density at radius 1 is 1.18 bits per heavy atom. The molecule has 8 nitrogen and oxygen atoms in total. The molecule has 0 atom stereocenters. The molecule has 1 heterocycles. The van der Waals surface area contributed by atoms with Gasteiger partial charge in [-0.3, -0.25) is 9.59 Å². The molecule has 28 heavy (non-hydrogen) atoms. The predicted molar refractivity (Wildman–Crippen MR) is 99.2 cm³/mol. The smallest absolute Gasteiger partial charge is 0.388 e. The normalized spacial score (nSPS) is 10.5. The van der Waals surface area contributed by atoms with Crippen molar-refractivity contribution in [1.29, 1.82) is 0 Å². The zero-order valence-electron chi connectivity index (χ0n) is 15.2.